The number of carbonyl (C=O) groups is 1. The lowest BCUT2D eigenvalue weighted by Gasteiger charge is -2.01. The number of furan rings is 1. The average Bonchev–Trinajstić information content (AvgIpc) is 2.70. The predicted octanol–water partition coefficient (Wildman–Crippen LogP) is 4.35. The molecule has 94 valence electrons. The van der Waals surface area contributed by atoms with E-state index in [4.69, 9.17) is 27.6 Å². The Bertz CT molecular complexity index is 602. The van der Waals surface area contributed by atoms with Gasteiger partial charge in [0.1, 0.15) is 5.76 Å². The van der Waals surface area contributed by atoms with Crippen LogP contribution in [0.3, 0.4) is 0 Å². The first-order valence-corrected chi connectivity index (χ1v) is 5.92. The zero-order valence-electron chi connectivity index (χ0n) is 9.79. The van der Waals surface area contributed by atoms with E-state index in [9.17, 15) is 4.79 Å². The zero-order chi connectivity index (χ0) is 13.3. The first-order valence-electron chi connectivity index (χ1n) is 5.17. The van der Waals surface area contributed by atoms with E-state index in [-0.39, 0.29) is 5.76 Å². The Morgan fingerprint density at radius 1 is 1.28 bits per heavy atom. The number of halogens is 2. The molecule has 0 bridgehead atoms. The fourth-order valence-corrected chi connectivity index (χ4v) is 2.10. The van der Waals surface area contributed by atoms with Gasteiger partial charge in [-0.25, -0.2) is 4.79 Å². The SMILES string of the molecule is COC(=O)c1oc(-c2ccc(Cl)cc2Cl)cc1C. The quantitative estimate of drug-likeness (QED) is 0.770. The van der Waals surface area contributed by atoms with Gasteiger partial charge in [0.2, 0.25) is 5.76 Å². The second-order valence-corrected chi connectivity index (χ2v) is 4.58. The average molecular weight is 285 g/mol. The van der Waals surface area contributed by atoms with Crippen molar-refractivity contribution in [1.82, 2.24) is 0 Å². The number of carbonyl (C=O) groups excluding carboxylic acids is 1. The molecule has 1 aromatic carbocycles. The van der Waals surface area contributed by atoms with E-state index in [0.717, 1.165) is 0 Å². The summed E-state index contributed by atoms with van der Waals surface area (Å²) < 4.78 is 10.1. The van der Waals surface area contributed by atoms with Crippen molar-refractivity contribution >= 4 is 29.2 Å². The van der Waals surface area contributed by atoms with Crippen molar-refractivity contribution in [2.45, 2.75) is 6.92 Å². The Hall–Kier alpha value is -1.45. The summed E-state index contributed by atoms with van der Waals surface area (Å²) in [6.45, 7) is 1.77. The van der Waals surface area contributed by atoms with Crippen LogP contribution in [0.1, 0.15) is 16.1 Å². The third kappa shape index (κ3) is 2.37. The van der Waals surface area contributed by atoms with Gasteiger partial charge in [-0.05, 0) is 31.2 Å². The van der Waals surface area contributed by atoms with Crippen LogP contribution in [-0.4, -0.2) is 13.1 Å². The molecule has 0 radical (unpaired) electrons. The number of aryl methyl sites for hydroxylation is 1. The van der Waals surface area contributed by atoms with Crippen LogP contribution in [0.2, 0.25) is 10.0 Å². The maximum Gasteiger partial charge on any atom is 0.374 e. The van der Waals surface area contributed by atoms with Gasteiger partial charge in [-0.15, -0.1) is 0 Å². The molecule has 0 atom stereocenters. The van der Waals surface area contributed by atoms with Crippen LogP contribution >= 0.6 is 23.2 Å². The highest BCUT2D eigenvalue weighted by Crippen LogP contribution is 2.33. The summed E-state index contributed by atoms with van der Waals surface area (Å²) in [5, 5.41) is 1.01. The molecule has 2 rings (SSSR count). The minimum Gasteiger partial charge on any atom is -0.463 e. The standard InChI is InChI=1S/C13H10Cl2O3/c1-7-5-11(18-12(7)13(16)17-2)9-4-3-8(14)6-10(9)15/h3-6H,1-2H3. The zero-order valence-corrected chi connectivity index (χ0v) is 11.3. The minimum atomic E-state index is -0.510. The summed E-state index contributed by atoms with van der Waals surface area (Å²) in [6.07, 6.45) is 0. The fraction of sp³-hybridized carbons (Fsp3) is 0.154. The lowest BCUT2D eigenvalue weighted by molar-refractivity contribution is 0.0565. The van der Waals surface area contributed by atoms with Crippen LogP contribution < -0.4 is 0 Å². The third-order valence-electron chi connectivity index (χ3n) is 2.49. The fourth-order valence-electron chi connectivity index (χ4n) is 1.60. The normalized spacial score (nSPS) is 10.4. The van der Waals surface area contributed by atoms with Crippen molar-refractivity contribution in [2.24, 2.45) is 0 Å². The number of benzene rings is 1. The molecule has 3 nitrogen and oxygen atoms in total. The molecule has 0 aliphatic rings. The molecule has 1 aromatic heterocycles. The molecule has 0 unspecified atom stereocenters. The van der Waals surface area contributed by atoms with Gasteiger partial charge >= 0.3 is 5.97 Å². The molecule has 0 saturated carbocycles. The summed E-state index contributed by atoms with van der Waals surface area (Å²) in [4.78, 5) is 11.4. The summed E-state index contributed by atoms with van der Waals surface area (Å²) in [5.74, 6) is 0.178. The summed E-state index contributed by atoms with van der Waals surface area (Å²) in [6, 6.07) is 6.80. The van der Waals surface area contributed by atoms with Gasteiger partial charge < -0.3 is 9.15 Å². The Balaban J connectivity index is 2.49. The van der Waals surface area contributed by atoms with Gasteiger partial charge in [-0.3, -0.25) is 0 Å². The molecular weight excluding hydrogens is 275 g/mol. The molecule has 2 aromatic rings. The minimum absolute atomic E-state index is 0.179. The van der Waals surface area contributed by atoms with Gasteiger partial charge in [0.15, 0.2) is 0 Å². The Kier molecular flexibility index (Phi) is 3.64. The van der Waals surface area contributed by atoms with Gasteiger partial charge in [0.25, 0.3) is 0 Å². The molecule has 0 amide bonds. The summed E-state index contributed by atoms with van der Waals surface area (Å²) >= 11 is 11.9. The second-order valence-electron chi connectivity index (χ2n) is 3.74. The van der Waals surface area contributed by atoms with E-state index in [1.54, 1.807) is 31.2 Å². The summed E-state index contributed by atoms with van der Waals surface area (Å²) in [7, 11) is 1.30. The van der Waals surface area contributed by atoms with Gasteiger partial charge in [-0.2, -0.15) is 0 Å². The number of ether oxygens (including phenoxy) is 1. The van der Waals surface area contributed by atoms with Crippen molar-refractivity contribution < 1.29 is 13.9 Å². The Morgan fingerprint density at radius 2 is 2.00 bits per heavy atom. The first-order chi connectivity index (χ1) is 8.52. The molecule has 0 aliphatic carbocycles. The predicted molar refractivity (Wildman–Crippen MR) is 70.2 cm³/mol. The van der Waals surface area contributed by atoms with Crippen LogP contribution in [0.5, 0.6) is 0 Å². The second kappa shape index (κ2) is 5.04. The number of hydrogen-bond acceptors (Lipinski definition) is 3. The maximum absolute atomic E-state index is 11.4. The highest BCUT2D eigenvalue weighted by atomic mass is 35.5. The molecule has 5 heteroatoms. The molecular formula is C13H10Cl2O3. The van der Waals surface area contributed by atoms with E-state index in [2.05, 4.69) is 4.74 Å². The number of esters is 1. The van der Waals surface area contributed by atoms with Crippen LogP contribution in [0, 0.1) is 6.92 Å². The van der Waals surface area contributed by atoms with E-state index < -0.39 is 5.97 Å². The van der Waals surface area contributed by atoms with Crippen molar-refractivity contribution in [2.75, 3.05) is 7.11 Å². The largest absolute Gasteiger partial charge is 0.463 e. The Labute approximate surface area is 114 Å². The van der Waals surface area contributed by atoms with Crippen LogP contribution in [-0.2, 0) is 4.74 Å². The van der Waals surface area contributed by atoms with E-state index in [1.165, 1.54) is 7.11 Å². The molecule has 0 saturated heterocycles. The van der Waals surface area contributed by atoms with Crippen LogP contribution in [0.25, 0.3) is 11.3 Å². The maximum atomic E-state index is 11.4. The molecule has 0 spiro atoms. The first kappa shape index (κ1) is 13.0. The number of methoxy groups -OCH3 is 1. The molecule has 18 heavy (non-hydrogen) atoms. The number of rotatable bonds is 2. The number of hydrogen-bond donors (Lipinski definition) is 0. The Morgan fingerprint density at radius 3 is 2.61 bits per heavy atom. The molecule has 1 heterocycles. The smallest absolute Gasteiger partial charge is 0.374 e. The highest BCUT2D eigenvalue weighted by molar-refractivity contribution is 6.36. The lowest BCUT2D eigenvalue weighted by atomic mass is 10.1. The monoisotopic (exact) mass is 284 g/mol. The van der Waals surface area contributed by atoms with Crippen molar-refractivity contribution in [1.29, 1.82) is 0 Å². The van der Waals surface area contributed by atoms with Gasteiger partial charge in [0.05, 0.1) is 12.1 Å². The van der Waals surface area contributed by atoms with Gasteiger partial charge in [-0.1, -0.05) is 23.2 Å². The molecule has 0 aliphatic heterocycles. The third-order valence-corrected chi connectivity index (χ3v) is 3.03. The van der Waals surface area contributed by atoms with E-state index in [1.807, 2.05) is 0 Å². The van der Waals surface area contributed by atoms with Crippen LogP contribution in [0.15, 0.2) is 28.7 Å². The molecule has 0 N–H and O–H groups in total. The van der Waals surface area contributed by atoms with E-state index >= 15 is 0 Å². The van der Waals surface area contributed by atoms with Crippen molar-refractivity contribution in [3.05, 3.63) is 45.6 Å². The highest BCUT2D eigenvalue weighted by Gasteiger charge is 2.18. The lowest BCUT2D eigenvalue weighted by Crippen LogP contribution is -2.00. The topological polar surface area (TPSA) is 39.4 Å². The van der Waals surface area contributed by atoms with E-state index in [0.29, 0.717) is 26.9 Å². The van der Waals surface area contributed by atoms with Crippen molar-refractivity contribution in [3.8, 4) is 11.3 Å². The molecule has 0 fully saturated rings. The summed E-state index contributed by atoms with van der Waals surface area (Å²) in [5.41, 5.74) is 1.38. The van der Waals surface area contributed by atoms with Crippen LogP contribution in [0.4, 0.5) is 0 Å². The van der Waals surface area contributed by atoms with Crippen molar-refractivity contribution in [3.63, 3.8) is 0 Å². The van der Waals surface area contributed by atoms with Gasteiger partial charge in [0, 0.05) is 16.1 Å².